The van der Waals surface area contributed by atoms with Gasteiger partial charge in [-0.2, -0.15) is 13.2 Å². The van der Waals surface area contributed by atoms with E-state index in [-0.39, 0.29) is 24.7 Å². The van der Waals surface area contributed by atoms with Gasteiger partial charge in [0.25, 0.3) is 0 Å². The second-order valence-corrected chi connectivity index (χ2v) is 5.85. The van der Waals surface area contributed by atoms with E-state index >= 15 is 0 Å². The normalized spacial score (nSPS) is 21.6. The average molecular weight is 328 g/mol. The van der Waals surface area contributed by atoms with Crippen LogP contribution in [0.1, 0.15) is 32.6 Å². The molecular formula is C16H19F3N2O2. The summed E-state index contributed by atoms with van der Waals surface area (Å²) < 4.78 is 38.4. The third kappa shape index (κ3) is 4.97. The molecule has 0 aliphatic heterocycles. The maximum Gasteiger partial charge on any atom is 0.391 e. The standard InChI is InChI=1S/C16H19F3N2O2/c1-10(22)20-13-5-7-14(8-6-13)21-15(23)11-3-2-4-12(9-11)16(17,18)19/h5-8,11-12H,2-4,9H2,1H3,(H,20,22)(H,21,23). The fourth-order valence-electron chi connectivity index (χ4n) is 2.81. The highest BCUT2D eigenvalue weighted by atomic mass is 19.4. The Kier molecular flexibility index (Phi) is 5.28. The lowest BCUT2D eigenvalue weighted by molar-refractivity contribution is -0.185. The van der Waals surface area contributed by atoms with E-state index in [0.29, 0.717) is 24.2 Å². The Morgan fingerprint density at radius 3 is 2.13 bits per heavy atom. The van der Waals surface area contributed by atoms with Crippen LogP contribution in [0, 0.1) is 11.8 Å². The minimum atomic E-state index is -4.24. The topological polar surface area (TPSA) is 58.2 Å². The molecule has 0 bridgehead atoms. The Bertz CT molecular complexity index is 570. The number of alkyl halides is 3. The van der Waals surface area contributed by atoms with Gasteiger partial charge in [0, 0.05) is 24.2 Å². The second-order valence-electron chi connectivity index (χ2n) is 5.85. The first-order chi connectivity index (χ1) is 10.8. The van der Waals surface area contributed by atoms with Crippen LogP contribution in [0.3, 0.4) is 0 Å². The van der Waals surface area contributed by atoms with E-state index in [2.05, 4.69) is 10.6 Å². The Morgan fingerprint density at radius 2 is 1.61 bits per heavy atom. The second kappa shape index (κ2) is 7.02. The molecule has 1 saturated carbocycles. The minimum Gasteiger partial charge on any atom is -0.326 e. The van der Waals surface area contributed by atoms with Gasteiger partial charge >= 0.3 is 6.18 Å². The molecule has 0 spiro atoms. The molecule has 0 radical (unpaired) electrons. The fourth-order valence-corrected chi connectivity index (χ4v) is 2.81. The summed E-state index contributed by atoms with van der Waals surface area (Å²) in [5, 5.41) is 5.24. The number of nitrogens with one attached hydrogen (secondary N) is 2. The number of carbonyl (C=O) groups excluding carboxylic acids is 2. The van der Waals surface area contributed by atoms with Crippen LogP contribution < -0.4 is 10.6 Å². The van der Waals surface area contributed by atoms with Crippen LogP contribution in [-0.4, -0.2) is 18.0 Å². The summed E-state index contributed by atoms with van der Waals surface area (Å²) in [7, 11) is 0. The predicted octanol–water partition coefficient (Wildman–Crippen LogP) is 3.95. The molecule has 1 aromatic rings. The number of benzene rings is 1. The molecule has 2 rings (SSSR count). The number of carbonyl (C=O) groups is 2. The van der Waals surface area contributed by atoms with Crippen molar-refractivity contribution in [2.45, 2.75) is 38.8 Å². The van der Waals surface area contributed by atoms with Crippen LogP contribution in [-0.2, 0) is 9.59 Å². The smallest absolute Gasteiger partial charge is 0.326 e. The van der Waals surface area contributed by atoms with E-state index < -0.39 is 18.0 Å². The fraction of sp³-hybridized carbons (Fsp3) is 0.500. The van der Waals surface area contributed by atoms with Crippen molar-refractivity contribution in [3.8, 4) is 0 Å². The van der Waals surface area contributed by atoms with Gasteiger partial charge in [-0.15, -0.1) is 0 Å². The van der Waals surface area contributed by atoms with E-state index in [9.17, 15) is 22.8 Å². The first-order valence-electron chi connectivity index (χ1n) is 7.51. The summed E-state index contributed by atoms with van der Waals surface area (Å²) in [6.45, 7) is 1.38. The van der Waals surface area contributed by atoms with Gasteiger partial charge in [0.05, 0.1) is 5.92 Å². The number of amides is 2. The Balaban J connectivity index is 1.94. The number of rotatable bonds is 3. The van der Waals surface area contributed by atoms with Gasteiger partial charge in [0.1, 0.15) is 0 Å². The van der Waals surface area contributed by atoms with Crippen LogP contribution >= 0.6 is 0 Å². The quantitative estimate of drug-likeness (QED) is 0.882. The molecule has 4 nitrogen and oxygen atoms in total. The molecule has 1 aliphatic rings. The Labute approximate surface area is 132 Å². The van der Waals surface area contributed by atoms with Crippen molar-refractivity contribution in [2.75, 3.05) is 10.6 Å². The zero-order valence-electron chi connectivity index (χ0n) is 12.7. The van der Waals surface area contributed by atoms with Crippen molar-refractivity contribution < 1.29 is 22.8 Å². The molecule has 0 heterocycles. The molecule has 1 aromatic carbocycles. The van der Waals surface area contributed by atoms with E-state index in [1.54, 1.807) is 24.3 Å². The SMILES string of the molecule is CC(=O)Nc1ccc(NC(=O)C2CCCC(C(F)(F)F)C2)cc1. The monoisotopic (exact) mass is 328 g/mol. The van der Waals surface area contributed by atoms with E-state index in [0.717, 1.165) is 0 Å². The first-order valence-corrected chi connectivity index (χ1v) is 7.51. The summed E-state index contributed by atoms with van der Waals surface area (Å²) in [5.74, 6) is -2.60. The summed E-state index contributed by atoms with van der Waals surface area (Å²) in [6, 6.07) is 6.45. The molecule has 7 heteroatoms. The molecular weight excluding hydrogens is 309 g/mol. The third-order valence-electron chi connectivity index (χ3n) is 3.98. The van der Waals surface area contributed by atoms with Gasteiger partial charge in [-0.25, -0.2) is 0 Å². The molecule has 2 atom stereocenters. The van der Waals surface area contributed by atoms with Crippen molar-refractivity contribution in [1.29, 1.82) is 0 Å². The van der Waals surface area contributed by atoms with Gasteiger partial charge in [0.15, 0.2) is 0 Å². The highest BCUT2D eigenvalue weighted by Gasteiger charge is 2.43. The summed E-state index contributed by atoms with van der Waals surface area (Å²) in [4.78, 5) is 23.1. The minimum absolute atomic E-state index is 0.0959. The van der Waals surface area contributed by atoms with E-state index in [1.165, 1.54) is 6.92 Å². The lowest BCUT2D eigenvalue weighted by Gasteiger charge is -2.29. The van der Waals surface area contributed by atoms with Crippen molar-refractivity contribution in [2.24, 2.45) is 11.8 Å². The number of hydrogen-bond acceptors (Lipinski definition) is 2. The molecule has 2 N–H and O–H groups in total. The lowest BCUT2D eigenvalue weighted by atomic mass is 9.80. The van der Waals surface area contributed by atoms with Crippen molar-refractivity contribution in [3.63, 3.8) is 0 Å². The molecule has 2 amide bonds. The van der Waals surface area contributed by atoms with Gasteiger partial charge < -0.3 is 10.6 Å². The zero-order valence-corrected chi connectivity index (χ0v) is 12.7. The Morgan fingerprint density at radius 1 is 1.04 bits per heavy atom. The zero-order chi connectivity index (χ0) is 17.0. The molecule has 1 fully saturated rings. The average Bonchev–Trinajstić information content (AvgIpc) is 2.48. The Hall–Kier alpha value is -2.05. The molecule has 126 valence electrons. The highest BCUT2D eigenvalue weighted by Crippen LogP contribution is 2.40. The van der Waals surface area contributed by atoms with Gasteiger partial charge in [-0.05, 0) is 43.5 Å². The number of halogens is 3. The molecule has 0 saturated heterocycles. The first kappa shape index (κ1) is 17.3. The maximum atomic E-state index is 12.8. The molecule has 0 aromatic heterocycles. The van der Waals surface area contributed by atoms with Crippen LogP contribution in [0.4, 0.5) is 24.5 Å². The van der Waals surface area contributed by atoms with Crippen LogP contribution in [0.25, 0.3) is 0 Å². The summed E-state index contributed by atoms with van der Waals surface area (Å²) in [5.41, 5.74) is 1.09. The van der Waals surface area contributed by atoms with Crippen LogP contribution in [0.15, 0.2) is 24.3 Å². The summed E-state index contributed by atoms with van der Waals surface area (Å²) >= 11 is 0. The van der Waals surface area contributed by atoms with Crippen molar-refractivity contribution in [3.05, 3.63) is 24.3 Å². The van der Waals surface area contributed by atoms with Gasteiger partial charge in [-0.1, -0.05) is 6.42 Å². The lowest BCUT2D eigenvalue weighted by Crippen LogP contribution is -2.34. The highest BCUT2D eigenvalue weighted by molar-refractivity contribution is 5.93. The number of hydrogen-bond donors (Lipinski definition) is 2. The molecule has 2 unspecified atom stereocenters. The van der Waals surface area contributed by atoms with Crippen molar-refractivity contribution >= 4 is 23.2 Å². The van der Waals surface area contributed by atoms with Crippen LogP contribution in [0.5, 0.6) is 0 Å². The van der Waals surface area contributed by atoms with E-state index in [4.69, 9.17) is 0 Å². The maximum absolute atomic E-state index is 12.8. The third-order valence-corrected chi connectivity index (χ3v) is 3.98. The van der Waals surface area contributed by atoms with Gasteiger partial charge in [0.2, 0.25) is 11.8 Å². The largest absolute Gasteiger partial charge is 0.391 e. The van der Waals surface area contributed by atoms with E-state index in [1.807, 2.05) is 0 Å². The summed E-state index contributed by atoms with van der Waals surface area (Å²) in [6.07, 6.45) is -3.41. The van der Waals surface area contributed by atoms with Crippen molar-refractivity contribution in [1.82, 2.24) is 0 Å². The molecule has 23 heavy (non-hydrogen) atoms. The predicted molar refractivity (Wildman–Crippen MR) is 80.9 cm³/mol. The molecule has 1 aliphatic carbocycles. The number of anilines is 2. The van der Waals surface area contributed by atoms with Gasteiger partial charge in [-0.3, -0.25) is 9.59 Å². The van der Waals surface area contributed by atoms with Crippen LogP contribution in [0.2, 0.25) is 0 Å².